The molecule has 2 aromatic heterocycles. The van der Waals surface area contributed by atoms with Gasteiger partial charge in [-0.15, -0.1) is 0 Å². The molecule has 38 heavy (non-hydrogen) atoms. The second-order valence-electron chi connectivity index (χ2n) is 8.47. The van der Waals surface area contributed by atoms with Crippen LogP contribution in [0.25, 0.3) is 10.9 Å². The molecule has 0 aliphatic carbocycles. The normalized spacial score (nSPS) is 10.6. The zero-order chi connectivity index (χ0) is 26.5. The number of methoxy groups -OCH3 is 1. The molecule has 5 aromatic rings. The van der Waals surface area contributed by atoms with E-state index in [4.69, 9.17) is 21.6 Å². The zero-order valence-electron chi connectivity index (χ0n) is 20.4. The van der Waals surface area contributed by atoms with Crippen LogP contribution in [-0.4, -0.2) is 22.7 Å². The highest BCUT2D eigenvalue weighted by atomic mass is 35.5. The first-order valence-electron chi connectivity index (χ1n) is 11.7. The van der Waals surface area contributed by atoms with Gasteiger partial charge in [0.15, 0.2) is 0 Å². The maximum Gasteiger partial charge on any atom is 0.323 e. The van der Waals surface area contributed by atoms with Crippen molar-refractivity contribution in [1.29, 1.82) is 5.26 Å². The van der Waals surface area contributed by atoms with E-state index in [1.165, 1.54) is 7.11 Å². The van der Waals surface area contributed by atoms with Crippen LogP contribution in [0, 0.1) is 11.3 Å². The summed E-state index contributed by atoms with van der Waals surface area (Å²) in [6.07, 6.45) is 3.75. The highest BCUT2D eigenvalue weighted by molar-refractivity contribution is 6.31. The molecule has 0 saturated heterocycles. The number of anilines is 4. The molecular formula is C29H23ClN6O2. The summed E-state index contributed by atoms with van der Waals surface area (Å²) in [5, 5.41) is 19.4. The smallest absolute Gasteiger partial charge is 0.323 e. The van der Waals surface area contributed by atoms with Crippen LogP contribution < -0.4 is 20.7 Å². The van der Waals surface area contributed by atoms with Gasteiger partial charge in [-0.3, -0.25) is 0 Å². The van der Waals surface area contributed by atoms with Crippen molar-refractivity contribution >= 4 is 51.4 Å². The third kappa shape index (κ3) is 5.53. The number of carbonyl (C=O) groups excluding carboxylic acids is 1. The lowest BCUT2D eigenvalue weighted by atomic mass is 10.2. The van der Waals surface area contributed by atoms with Crippen LogP contribution in [0.1, 0.15) is 11.1 Å². The van der Waals surface area contributed by atoms with Crippen LogP contribution in [0.3, 0.4) is 0 Å². The van der Waals surface area contributed by atoms with E-state index in [2.05, 4.69) is 31.6 Å². The first kappa shape index (κ1) is 24.7. The molecule has 3 aromatic carbocycles. The Bertz CT molecular complexity index is 1660. The number of nitrogens with zero attached hydrogens (tertiary/aromatic N) is 3. The number of nitriles is 1. The molecule has 0 saturated carbocycles. The van der Waals surface area contributed by atoms with E-state index in [0.29, 0.717) is 40.1 Å². The summed E-state index contributed by atoms with van der Waals surface area (Å²) in [5.74, 6) is 1.22. The molecule has 0 spiro atoms. The standard InChI is InChI=1S/C29H23ClN6O2/c1-38-27-10-7-21(30)16-25(27)35-29(37)34-24-3-2-4-26-23(24)12-14-36(26)18-20-11-13-32-28(15-20)33-22-8-5-19(17-31)6-9-22/h2-16H,18H2,1H3,(H,32,33)(H2,34,35,37). The van der Waals surface area contributed by atoms with Crippen molar-refractivity contribution in [3.8, 4) is 11.8 Å². The molecule has 0 bridgehead atoms. The molecule has 5 rings (SSSR count). The zero-order valence-corrected chi connectivity index (χ0v) is 21.2. The van der Waals surface area contributed by atoms with Crippen molar-refractivity contribution < 1.29 is 9.53 Å². The number of aromatic nitrogens is 2. The number of rotatable bonds is 7. The lowest BCUT2D eigenvalue weighted by molar-refractivity contribution is 0.262. The molecule has 8 nitrogen and oxygen atoms in total. The second kappa shape index (κ2) is 10.9. The highest BCUT2D eigenvalue weighted by Gasteiger charge is 2.12. The molecule has 0 aliphatic heterocycles. The molecule has 9 heteroatoms. The first-order valence-corrected chi connectivity index (χ1v) is 12.1. The van der Waals surface area contributed by atoms with Crippen LogP contribution in [0.15, 0.2) is 91.3 Å². The second-order valence-corrected chi connectivity index (χ2v) is 8.91. The third-order valence-corrected chi connectivity index (χ3v) is 6.17. The van der Waals surface area contributed by atoms with E-state index in [-0.39, 0.29) is 0 Å². The Balaban J connectivity index is 1.31. The number of halogens is 1. The molecule has 0 unspecified atom stereocenters. The Morgan fingerprint density at radius 1 is 1.03 bits per heavy atom. The number of fused-ring (bicyclic) bond motifs is 1. The van der Waals surface area contributed by atoms with Crippen molar-refractivity contribution in [2.45, 2.75) is 6.54 Å². The van der Waals surface area contributed by atoms with Crippen molar-refractivity contribution in [2.75, 3.05) is 23.1 Å². The molecule has 3 N–H and O–H groups in total. The molecule has 0 fully saturated rings. The van der Waals surface area contributed by atoms with E-state index < -0.39 is 6.03 Å². The minimum Gasteiger partial charge on any atom is -0.495 e. The van der Waals surface area contributed by atoms with Gasteiger partial charge in [0.25, 0.3) is 0 Å². The Kier molecular flexibility index (Phi) is 7.11. The molecule has 2 amide bonds. The van der Waals surface area contributed by atoms with Crippen molar-refractivity contribution in [2.24, 2.45) is 0 Å². The van der Waals surface area contributed by atoms with Gasteiger partial charge in [0, 0.05) is 35.0 Å². The van der Waals surface area contributed by atoms with Gasteiger partial charge in [0.1, 0.15) is 11.6 Å². The maximum absolute atomic E-state index is 12.8. The highest BCUT2D eigenvalue weighted by Crippen LogP contribution is 2.29. The van der Waals surface area contributed by atoms with Crippen molar-refractivity contribution in [3.05, 3.63) is 107 Å². The van der Waals surface area contributed by atoms with Gasteiger partial charge in [-0.25, -0.2) is 9.78 Å². The third-order valence-electron chi connectivity index (χ3n) is 5.94. The number of benzene rings is 3. The molecular weight excluding hydrogens is 500 g/mol. The van der Waals surface area contributed by atoms with E-state index in [0.717, 1.165) is 22.2 Å². The number of carbonyl (C=O) groups is 1. The molecule has 0 radical (unpaired) electrons. The van der Waals surface area contributed by atoms with Gasteiger partial charge in [-0.1, -0.05) is 17.7 Å². The average molecular weight is 523 g/mol. The number of ether oxygens (including phenoxy) is 1. The maximum atomic E-state index is 12.8. The number of hydrogen-bond donors (Lipinski definition) is 3. The Labute approximate surface area is 224 Å². The van der Waals surface area contributed by atoms with E-state index in [9.17, 15) is 4.79 Å². The summed E-state index contributed by atoms with van der Waals surface area (Å²) in [5.41, 5.74) is 4.64. The summed E-state index contributed by atoms with van der Waals surface area (Å²) < 4.78 is 7.42. The van der Waals surface area contributed by atoms with Crippen LogP contribution in [0.4, 0.5) is 27.7 Å². The fourth-order valence-corrected chi connectivity index (χ4v) is 4.31. The average Bonchev–Trinajstić information content (AvgIpc) is 3.33. The Morgan fingerprint density at radius 2 is 1.84 bits per heavy atom. The van der Waals surface area contributed by atoms with Crippen molar-refractivity contribution in [3.63, 3.8) is 0 Å². The van der Waals surface area contributed by atoms with E-state index >= 15 is 0 Å². The number of amides is 2. The molecule has 0 atom stereocenters. The van der Waals surface area contributed by atoms with Crippen LogP contribution in [0.5, 0.6) is 5.75 Å². The predicted molar refractivity (Wildman–Crippen MR) is 150 cm³/mol. The van der Waals surface area contributed by atoms with Gasteiger partial charge in [-0.05, 0) is 78.4 Å². The number of nitrogens with one attached hydrogen (secondary N) is 3. The summed E-state index contributed by atoms with van der Waals surface area (Å²) in [6.45, 7) is 0.615. The van der Waals surface area contributed by atoms with Gasteiger partial charge >= 0.3 is 6.03 Å². The summed E-state index contributed by atoms with van der Waals surface area (Å²) >= 11 is 6.08. The van der Waals surface area contributed by atoms with Gasteiger partial charge < -0.3 is 25.3 Å². The summed E-state index contributed by atoms with van der Waals surface area (Å²) in [6, 6.07) is 25.6. The Morgan fingerprint density at radius 3 is 2.63 bits per heavy atom. The van der Waals surface area contributed by atoms with Gasteiger partial charge in [0.2, 0.25) is 0 Å². The fraction of sp³-hybridized carbons (Fsp3) is 0.0690. The Hall–Kier alpha value is -5.00. The largest absolute Gasteiger partial charge is 0.495 e. The number of pyridine rings is 1. The molecule has 188 valence electrons. The number of hydrogen-bond acceptors (Lipinski definition) is 5. The van der Waals surface area contributed by atoms with Crippen LogP contribution >= 0.6 is 11.6 Å². The van der Waals surface area contributed by atoms with Gasteiger partial charge in [0.05, 0.1) is 35.6 Å². The summed E-state index contributed by atoms with van der Waals surface area (Å²) in [4.78, 5) is 17.2. The van der Waals surface area contributed by atoms with E-state index in [1.807, 2.05) is 54.7 Å². The topological polar surface area (TPSA) is 104 Å². The fourth-order valence-electron chi connectivity index (χ4n) is 4.14. The monoisotopic (exact) mass is 522 g/mol. The SMILES string of the molecule is COc1ccc(Cl)cc1NC(=O)Nc1cccc2c1ccn2Cc1ccnc(Nc2ccc(C#N)cc2)c1. The first-order chi connectivity index (χ1) is 18.5. The van der Waals surface area contributed by atoms with Crippen LogP contribution in [-0.2, 0) is 6.54 Å². The lowest BCUT2D eigenvalue weighted by Gasteiger charge is -2.13. The lowest BCUT2D eigenvalue weighted by Crippen LogP contribution is -2.20. The predicted octanol–water partition coefficient (Wildman–Crippen LogP) is 7.01. The molecule has 2 heterocycles. The summed E-state index contributed by atoms with van der Waals surface area (Å²) in [7, 11) is 1.53. The van der Waals surface area contributed by atoms with Crippen LogP contribution in [0.2, 0.25) is 5.02 Å². The van der Waals surface area contributed by atoms with Gasteiger partial charge in [-0.2, -0.15) is 5.26 Å². The van der Waals surface area contributed by atoms with Crippen molar-refractivity contribution in [1.82, 2.24) is 9.55 Å². The molecule has 0 aliphatic rings. The minimum absolute atomic E-state index is 0.404. The minimum atomic E-state index is -0.404. The number of urea groups is 1. The van der Waals surface area contributed by atoms with E-state index in [1.54, 1.807) is 36.5 Å². The quantitative estimate of drug-likeness (QED) is 0.213.